The maximum Gasteiger partial charge on any atom is 0.336 e. The van der Waals surface area contributed by atoms with Crippen LogP contribution in [0.5, 0.6) is 0 Å². The molecule has 0 bridgehead atoms. The molecule has 0 saturated heterocycles. The largest absolute Gasteiger partial charge is 0.478 e. The van der Waals surface area contributed by atoms with Gasteiger partial charge in [0.05, 0.1) is 5.56 Å². The van der Waals surface area contributed by atoms with Crippen LogP contribution in [-0.2, 0) is 0 Å². The SMILES string of the molecule is CC(=O)c1c(C)cc(C)c(-c2ccc(-c3c(C)cc(C)c(C(=O)O)c3C)cc2)c1C. The van der Waals surface area contributed by atoms with Gasteiger partial charge in [-0.25, -0.2) is 4.79 Å². The third kappa shape index (κ3) is 3.56. The first-order valence-corrected chi connectivity index (χ1v) is 10.1. The standard InChI is InChI=1S/C27H28O3/c1-14-12-15(2)24(18(5)23(14)20(7)28)21-8-10-22(11-9-21)25-16(3)13-17(4)26(19(25)6)27(29)30/h8-13H,1-7H3,(H,29,30). The Kier molecular flexibility index (Phi) is 5.67. The zero-order valence-corrected chi connectivity index (χ0v) is 18.7. The van der Waals surface area contributed by atoms with Crippen LogP contribution in [0.3, 0.4) is 0 Å². The van der Waals surface area contributed by atoms with Gasteiger partial charge in [0.2, 0.25) is 0 Å². The summed E-state index contributed by atoms with van der Waals surface area (Å²) in [7, 11) is 0. The predicted octanol–water partition coefficient (Wildman–Crippen LogP) is 6.77. The summed E-state index contributed by atoms with van der Waals surface area (Å²) in [6.45, 7) is 13.4. The minimum atomic E-state index is -0.898. The summed E-state index contributed by atoms with van der Waals surface area (Å²) in [4.78, 5) is 23.9. The van der Waals surface area contributed by atoms with Crippen molar-refractivity contribution in [2.45, 2.75) is 48.5 Å². The Morgan fingerprint density at radius 3 is 1.37 bits per heavy atom. The molecule has 3 rings (SSSR count). The van der Waals surface area contributed by atoms with E-state index in [1.807, 2.05) is 52.8 Å². The lowest BCUT2D eigenvalue weighted by Gasteiger charge is -2.18. The Bertz CT molecular complexity index is 1090. The summed E-state index contributed by atoms with van der Waals surface area (Å²) in [5.74, 6) is -0.819. The minimum absolute atomic E-state index is 0.0787. The molecule has 0 atom stereocenters. The van der Waals surface area contributed by atoms with Gasteiger partial charge in [-0.1, -0.05) is 36.4 Å². The molecule has 1 N–H and O–H groups in total. The van der Waals surface area contributed by atoms with Gasteiger partial charge in [0, 0.05) is 5.56 Å². The van der Waals surface area contributed by atoms with Crippen molar-refractivity contribution in [1.82, 2.24) is 0 Å². The van der Waals surface area contributed by atoms with Gasteiger partial charge in [-0.3, -0.25) is 4.79 Å². The van der Waals surface area contributed by atoms with Gasteiger partial charge in [-0.15, -0.1) is 0 Å². The van der Waals surface area contributed by atoms with Crippen molar-refractivity contribution in [2.75, 3.05) is 0 Å². The van der Waals surface area contributed by atoms with Gasteiger partial charge < -0.3 is 5.11 Å². The first kappa shape index (κ1) is 21.5. The number of ketones is 1. The number of hydrogen-bond acceptors (Lipinski definition) is 2. The van der Waals surface area contributed by atoms with E-state index in [9.17, 15) is 14.7 Å². The summed E-state index contributed by atoms with van der Waals surface area (Å²) >= 11 is 0. The molecule has 0 unspecified atom stereocenters. The van der Waals surface area contributed by atoms with Crippen molar-refractivity contribution in [2.24, 2.45) is 0 Å². The Labute approximate surface area is 178 Å². The average molecular weight is 401 g/mol. The maximum absolute atomic E-state index is 12.2. The molecule has 0 heterocycles. The van der Waals surface area contributed by atoms with Crippen LogP contribution in [-0.4, -0.2) is 16.9 Å². The fourth-order valence-corrected chi connectivity index (χ4v) is 4.93. The normalized spacial score (nSPS) is 10.9. The number of carboxylic acid groups (broad SMARTS) is 1. The molecular formula is C27H28O3. The van der Waals surface area contributed by atoms with E-state index in [1.165, 1.54) is 0 Å². The van der Waals surface area contributed by atoms with Gasteiger partial charge in [0.1, 0.15) is 0 Å². The monoisotopic (exact) mass is 400 g/mol. The van der Waals surface area contributed by atoms with Crippen molar-refractivity contribution in [1.29, 1.82) is 0 Å². The summed E-state index contributed by atoms with van der Waals surface area (Å²) in [6.07, 6.45) is 0. The zero-order valence-electron chi connectivity index (χ0n) is 18.7. The molecule has 0 aliphatic carbocycles. The molecule has 3 aromatic carbocycles. The first-order valence-electron chi connectivity index (χ1n) is 10.1. The van der Waals surface area contributed by atoms with Gasteiger partial charge in [0.15, 0.2) is 5.78 Å². The predicted molar refractivity (Wildman–Crippen MR) is 123 cm³/mol. The third-order valence-corrected chi connectivity index (χ3v) is 5.97. The second-order valence-corrected chi connectivity index (χ2v) is 8.21. The van der Waals surface area contributed by atoms with E-state index in [0.717, 1.165) is 61.2 Å². The van der Waals surface area contributed by atoms with Crippen molar-refractivity contribution in [3.63, 3.8) is 0 Å². The number of hydrogen-bond donors (Lipinski definition) is 1. The third-order valence-electron chi connectivity index (χ3n) is 5.97. The fraction of sp³-hybridized carbons (Fsp3) is 0.259. The Hall–Kier alpha value is -3.20. The van der Waals surface area contributed by atoms with E-state index < -0.39 is 5.97 Å². The number of carboxylic acids is 1. The molecule has 0 aromatic heterocycles. The van der Waals surface area contributed by atoms with Crippen LogP contribution in [0.15, 0.2) is 36.4 Å². The molecule has 0 saturated carbocycles. The van der Waals surface area contributed by atoms with E-state index >= 15 is 0 Å². The Morgan fingerprint density at radius 2 is 1.00 bits per heavy atom. The van der Waals surface area contributed by atoms with Crippen LogP contribution in [0.25, 0.3) is 22.3 Å². The topological polar surface area (TPSA) is 54.4 Å². The summed E-state index contributed by atoms with van der Waals surface area (Å²) in [5, 5.41) is 9.63. The van der Waals surface area contributed by atoms with E-state index in [0.29, 0.717) is 5.56 Å². The number of Topliss-reactive ketones (excluding diaryl/α,β-unsaturated/α-hetero) is 1. The van der Waals surface area contributed by atoms with Crippen LogP contribution in [0.1, 0.15) is 61.0 Å². The number of rotatable bonds is 4. The fourth-order valence-electron chi connectivity index (χ4n) is 4.93. The molecule has 3 nitrogen and oxygen atoms in total. The number of carbonyl (C=O) groups excluding carboxylic acids is 1. The molecule has 3 aromatic rings. The highest BCUT2D eigenvalue weighted by Crippen LogP contribution is 2.36. The molecule has 0 amide bonds. The smallest absolute Gasteiger partial charge is 0.336 e. The van der Waals surface area contributed by atoms with Crippen LogP contribution < -0.4 is 0 Å². The highest BCUT2D eigenvalue weighted by molar-refractivity contribution is 5.99. The molecular weight excluding hydrogens is 372 g/mol. The van der Waals surface area contributed by atoms with Gasteiger partial charge in [-0.05, 0) is 104 Å². The van der Waals surface area contributed by atoms with E-state index in [-0.39, 0.29) is 5.78 Å². The van der Waals surface area contributed by atoms with Gasteiger partial charge in [-0.2, -0.15) is 0 Å². The summed E-state index contributed by atoms with van der Waals surface area (Å²) < 4.78 is 0. The molecule has 3 heteroatoms. The lowest BCUT2D eigenvalue weighted by Crippen LogP contribution is -2.06. The van der Waals surface area contributed by atoms with Crippen LogP contribution >= 0.6 is 0 Å². The highest BCUT2D eigenvalue weighted by atomic mass is 16.4. The second-order valence-electron chi connectivity index (χ2n) is 8.21. The number of aromatic carboxylic acids is 1. The van der Waals surface area contributed by atoms with Crippen molar-refractivity contribution in [3.05, 3.63) is 80.9 Å². The van der Waals surface area contributed by atoms with E-state index in [1.54, 1.807) is 6.92 Å². The molecule has 30 heavy (non-hydrogen) atoms. The number of aryl methyl sites for hydroxylation is 4. The lowest BCUT2D eigenvalue weighted by molar-refractivity contribution is 0.0695. The Balaban J connectivity index is 2.17. The van der Waals surface area contributed by atoms with Gasteiger partial charge in [0.25, 0.3) is 0 Å². The molecule has 0 fully saturated rings. The van der Waals surface area contributed by atoms with Gasteiger partial charge >= 0.3 is 5.97 Å². The zero-order chi connectivity index (χ0) is 22.3. The summed E-state index contributed by atoms with van der Waals surface area (Å²) in [6, 6.07) is 12.2. The molecule has 154 valence electrons. The quantitative estimate of drug-likeness (QED) is 0.492. The number of carbonyl (C=O) groups is 2. The Morgan fingerprint density at radius 1 is 0.633 bits per heavy atom. The average Bonchev–Trinajstić information content (AvgIpc) is 2.61. The minimum Gasteiger partial charge on any atom is -0.478 e. The lowest BCUT2D eigenvalue weighted by atomic mass is 9.86. The first-order chi connectivity index (χ1) is 14.0. The maximum atomic E-state index is 12.2. The van der Waals surface area contributed by atoms with Crippen molar-refractivity contribution >= 4 is 11.8 Å². The van der Waals surface area contributed by atoms with Crippen LogP contribution in [0.2, 0.25) is 0 Å². The second kappa shape index (κ2) is 7.91. The molecule has 0 spiro atoms. The molecule has 0 aliphatic rings. The van der Waals surface area contributed by atoms with Crippen LogP contribution in [0.4, 0.5) is 0 Å². The number of benzene rings is 3. The van der Waals surface area contributed by atoms with E-state index in [4.69, 9.17) is 0 Å². The van der Waals surface area contributed by atoms with E-state index in [2.05, 4.69) is 25.1 Å². The van der Waals surface area contributed by atoms with Crippen LogP contribution in [0, 0.1) is 41.5 Å². The van der Waals surface area contributed by atoms with Crippen molar-refractivity contribution in [3.8, 4) is 22.3 Å². The highest BCUT2D eigenvalue weighted by Gasteiger charge is 2.19. The molecule has 0 radical (unpaired) electrons. The molecule has 0 aliphatic heterocycles. The van der Waals surface area contributed by atoms with Crippen molar-refractivity contribution < 1.29 is 14.7 Å². The summed E-state index contributed by atoms with van der Waals surface area (Å²) in [5.41, 5.74) is 11.0.